The van der Waals surface area contributed by atoms with Crippen LogP contribution in [0.15, 0.2) is 71.2 Å². The summed E-state index contributed by atoms with van der Waals surface area (Å²) in [5, 5.41) is 15.3. The molecular weight excluding hydrogens is 460 g/mol. The minimum absolute atomic E-state index is 0.0960. The van der Waals surface area contributed by atoms with Crippen molar-refractivity contribution in [2.75, 3.05) is 21.3 Å². The summed E-state index contributed by atoms with van der Waals surface area (Å²) >= 11 is 3.48. The Bertz CT molecular complexity index is 1220. The van der Waals surface area contributed by atoms with Gasteiger partial charge in [0.25, 0.3) is 0 Å². The fraction of sp³-hybridized carbons (Fsp3) is 0.125. The number of phenolic OH excluding ortho intramolecular Hbond substituents is 1. The summed E-state index contributed by atoms with van der Waals surface area (Å²) in [5.74, 6) is 1.94. The first kappa shape index (κ1) is 20.8. The molecule has 0 saturated carbocycles. The molecule has 3 aromatic carbocycles. The Kier molecular flexibility index (Phi) is 5.86. The second kappa shape index (κ2) is 8.73. The van der Waals surface area contributed by atoms with E-state index in [0.29, 0.717) is 28.5 Å². The highest BCUT2D eigenvalue weighted by atomic mass is 79.9. The molecular formula is C24H21BrN2O4. The lowest BCUT2D eigenvalue weighted by atomic mass is 10.1. The van der Waals surface area contributed by atoms with Gasteiger partial charge in [-0.25, -0.2) is 4.68 Å². The van der Waals surface area contributed by atoms with Crippen molar-refractivity contribution >= 4 is 15.9 Å². The van der Waals surface area contributed by atoms with Gasteiger partial charge in [-0.15, -0.1) is 0 Å². The van der Waals surface area contributed by atoms with Gasteiger partial charge in [0.2, 0.25) is 0 Å². The van der Waals surface area contributed by atoms with Crippen LogP contribution in [0.3, 0.4) is 0 Å². The predicted octanol–water partition coefficient (Wildman–Crippen LogP) is 5.70. The van der Waals surface area contributed by atoms with Crippen molar-refractivity contribution in [2.24, 2.45) is 0 Å². The van der Waals surface area contributed by atoms with Crippen molar-refractivity contribution < 1.29 is 19.3 Å². The van der Waals surface area contributed by atoms with Gasteiger partial charge in [-0.1, -0.05) is 15.9 Å². The summed E-state index contributed by atoms with van der Waals surface area (Å²) in [7, 11) is 4.77. The number of rotatable bonds is 6. The highest BCUT2D eigenvalue weighted by molar-refractivity contribution is 9.10. The molecule has 1 aromatic heterocycles. The van der Waals surface area contributed by atoms with Gasteiger partial charge in [0.15, 0.2) is 11.5 Å². The molecule has 0 unspecified atom stereocenters. The van der Waals surface area contributed by atoms with Gasteiger partial charge < -0.3 is 19.3 Å². The van der Waals surface area contributed by atoms with Gasteiger partial charge in [0.1, 0.15) is 11.5 Å². The Morgan fingerprint density at radius 3 is 2.19 bits per heavy atom. The van der Waals surface area contributed by atoms with Crippen LogP contribution in [0.2, 0.25) is 0 Å². The maximum atomic E-state index is 10.5. The molecule has 31 heavy (non-hydrogen) atoms. The molecule has 0 radical (unpaired) electrons. The molecule has 6 nitrogen and oxygen atoms in total. The number of ether oxygens (including phenoxy) is 3. The molecule has 1 heterocycles. The van der Waals surface area contributed by atoms with Crippen molar-refractivity contribution in [1.29, 1.82) is 0 Å². The topological polar surface area (TPSA) is 65.7 Å². The minimum Gasteiger partial charge on any atom is -0.507 e. The van der Waals surface area contributed by atoms with E-state index in [-0.39, 0.29) is 5.75 Å². The summed E-state index contributed by atoms with van der Waals surface area (Å²) in [6, 6.07) is 20.7. The van der Waals surface area contributed by atoms with E-state index in [0.717, 1.165) is 21.4 Å². The molecule has 7 heteroatoms. The Hall–Kier alpha value is -3.45. The fourth-order valence-electron chi connectivity index (χ4n) is 3.35. The molecule has 0 atom stereocenters. The standard InChI is InChI=1S/C24H21BrN2O4/c1-29-18-9-10-19(22(28)13-18)20-14-21(15-4-11-23(30-2)24(12-15)31-3)27(26-20)17-7-5-16(25)6-8-17/h4-14,28H,1-3H3. The number of aromatic nitrogens is 2. The van der Waals surface area contributed by atoms with E-state index in [1.807, 2.05) is 53.2 Å². The van der Waals surface area contributed by atoms with E-state index in [1.165, 1.54) is 0 Å². The molecule has 0 spiro atoms. The quantitative estimate of drug-likeness (QED) is 0.383. The number of nitrogens with zero attached hydrogens (tertiary/aromatic N) is 2. The number of halogens is 1. The number of aromatic hydroxyl groups is 1. The number of benzene rings is 3. The zero-order chi connectivity index (χ0) is 22.0. The number of hydrogen-bond donors (Lipinski definition) is 1. The number of phenols is 1. The molecule has 0 aliphatic heterocycles. The SMILES string of the molecule is COc1ccc(-c2cc(-c3ccc(OC)c(OC)c3)n(-c3ccc(Br)cc3)n2)c(O)c1. The van der Waals surface area contributed by atoms with E-state index in [2.05, 4.69) is 15.9 Å². The van der Waals surface area contributed by atoms with E-state index in [9.17, 15) is 5.11 Å². The highest BCUT2D eigenvalue weighted by Crippen LogP contribution is 2.37. The van der Waals surface area contributed by atoms with Crippen LogP contribution >= 0.6 is 15.9 Å². The van der Waals surface area contributed by atoms with Crippen LogP contribution in [0, 0.1) is 0 Å². The molecule has 4 aromatic rings. The zero-order valence-electron chi connectivity index (χ0n) is 17.3. The maximum Gasteiger partial charge on any atom is 0.161 e. The van der Waals surface area contributed by atoms with Gasteiger partial charge in [-0.05, 0) is 60.7 Å². The fourth-order valence-corrected chi connectivity index (χ4v) is 3.61. The van der Waals surface area contributed by atoms with E-state index in [4.69, 9.17) is 19.3 Å². The van der Waals surface area contributed by atoms with Crippen LogP contribution in [0.25, 0.3) is 28.2 Å². The lowest BCUT2D eigenvalue weighted by Gasteiger charge is -2.11. The van der Waals surface area contributed by atoms with Crippen LogP contribution < -0.4 is 14.2 Å². The summed E-state index contributed by atoms with van der Waals surface area (Å²) in [5.41, 5.74) is 3.86. The second-order valence-corrected chi connectivity index (χ2v) is 7.67. The van der Waals surface area contributed by atoms with Gasteiger partial charge in [0, 0.05) is 21.7 Å². The van der Waals surface area contributed by atoms with Crippen molar-refractivity contribution in [1.82, 2.24) is 9.78 Å². The van der Waals surface area contributed by atoms with Crippen LogP contribution in [-0.2, 0) is 0 Å². The predicted molar refractivity (Wildman–Crippen MR) is 123 cm³/mol. The molecule has 0 saturated heterocycles. The summed E-state index contributed by atoms with van der Waals surface area (Å²) < 4.78 is 18.9. The first-order valence-electron chi connectivity index (χ1n) is 9.50. The van der Waals surface area contributed by atoms with Gasteiger partial charge in [0.05, 0.1) is 38.4 Å². The van der Waals surface area contributed by atoms with Gasteiger partial charge in [-0.2, -0.15) is 5.10 Å². The average molecular weight is 481 g/mol. The zero-order valence-corrected chi connectivity index (χ0v) is 18.9. The van der Waals surface area contributed by atoms with Crippen molar-refractivity contribution in [3.8, 4) is 51.2 Å². The third kappa shape index (κ3) is 4.09. The molecule has 0 amide bonds. The maximum absolute atomic E-state index is 10.5. The smallest absolute Gasteiger partial charge is 0.161 e. The summed E-state index contributed by atoms with van der Waals surface area (Å²) in [4.78, 5) is 0. The Balaban J connectivity index is 1.90. The summed E-state index contributed by atoms with van der Waals surface area (Å²) in [6.45, 7) is 0. The minimum atomic E-state index is 0.0960. The van der Waals surface area contributed by atoms with Gasteiger partial charge >= 0.3 is 0 Å². The highest BCUT2D eigenvalue weighted by Gasteiger charge is 2.17. The van der Waals surface area contributed by atoms with Crippen LogP contribution in [0.1, 0.15) is 0 Å². The van der Waals surface area contributed by atoms with E-state index < -0.39 is 0 Å². The summed E-state index contributed by atoms with van der Waals surface area (Å²) in [6.07, 6.45) is 0. The number of methoxy groups -OCH3 is 3. The molecule has 4 rings (SSSR count). The third-order valence-corrected chi connectivity index (χ3v) is 5.47. The first-order chi connectivity index (χ1) is 15.0. The average Bonchev–Trinajstić information content (AvgIpc) is 3.24. The Morgan fingerprint density at radius 2 is 1.55 bits per heavy atom. The molecule has 0 aliphatic rings. The normalized spacial score (nSPS) is 10.7. The van der Waals surface area contributed by atoms with E-state index in [1.54, 1.807) is 39.5 Å². The Labute approximate surface area is 188 Å². The monoisotopic (exact) mass is 480 g/mol. The molecule has 0 fully saturated rings. The molecule has 0 bridgehead atoms. The largest absolute Gasteiger partial charge is 0.507 e. The lowest BCUT2D eigenvalue weighted by molar-refractivity contribution is 0.355. The van der Waals surface area contributed by atoms with E-state index >= 15 is 0 Å². The van der Waals surface area contributed by atoms with Crippen LogP contribution in [-0.4, -0.2) is 36.2 Å². The van der Waals surface area contributed by atoms with Crippen LogP contribution in [0.4, 0.5) is 0 Å². The van der Waals surface area contributed by atoms with Crippen LogP contribution in [0.5, 0.6) is 23.0 Å². The lowest BCUT2D eigenvalue weighted by Crippen LogP contribution is -1.99. The van der Waals surface area contributed by atoms with Crippen molar-refractivity contribution in [3.05, 3.63) is 71.2 Å². The molecule has 1 N–H and O–H groups in total. The Morgan fingerprint density at radius 1 is 0.806 bits per heavy atom. The third-order valence-electron chi connectivity index (χ3n) is 4.94. The van der Waals surface area contributed by atoms with Crippen molar-refractivity contribution in [2.45, 2.75) is 0 Å². The number of hydrogen-bond acceptors (Lipinski definition) is 5. The second-order valence-electron chi connectivity index (χ2n) is 6.76. The first-order valence-corrected chi connectivity index (χ1v) is 10.3. The van der Waals surface area contributed by atoms with Gasteiger partial charge in [-0.3, -0.25) is 0 Å². The van der Waals surface area contributed by atoms with Crippen molar-refractivity contribution in [3.63, 3.8) is 0 Å². The molecule has 158 valence electrons. The molecule has 0 aliphatic carbocycles.